The summed E-state index contributed by atoms with van der Waals surface area (Å²) in [5.41, 5.74) is 2.47. The van der Waals surface area contributed by atoms with Gasteiger partial charge in [0.1, 0.15) is 19.4 Å². The van der Waals surface area contributed by atoms with Gasteiger partial charge in [0.15, 0.2) is 6.61 Å². The number of fused-ring (bicyclic) bond motifs is 1. The number of amides is 1. The van der Waals surface area contributed by atoms with Gasteiger partial charge in [-0.2, -0.15) is 23.1 Å². The summed E-state index contributed by atoms with van der Waals surface area (Å²) in [5.74, 6) is -0.432. The number of methoxy groups -OCH3 is 1. The first-order valence-electron chi connectivity index (χ1n) is 16.6. The van der Waals surface area contributed by atoms with Crippen LogP contribution in [0.15, 0.2) is 60.7 Å². The Hall–Kier alpha value is -4.01. The molecular weight excluding hydrogens is 646 g/mol. The van der Waals surface area contributed by atoms with Crippen LogP contribution in [0.2, 0.25) is 0 Å². The largest absolute Gasteiger partial charge is 0.481 e. The van der Waals surface area contributed by atoms with E-state index in [1.54, 1.807) is 0 Å². The minimum atomic E-state index is -4.63. The normalized spacial score (nSPS) is 21.8. The number of nitrogens with zero attached hydrogens (tertiary/aromatic N) is 5. The Kier molecular flexibility index (Phi) is 11.2. The summed E-state index contributed by atoms with van der Waals surface area (Å²) in [6, 6.07) is 20.0. The van der Waals surface area contributed by atoms with Gasteiger partial charge < -0.3 is 23.8 Å². The molecule has 3 aliphatic rings. The standard InChI is InChI=1S/C35H41F4N5O5/c1-46-31-27(32(49-23-35(37,38)39)41-34(40-31)48-18-14-36)21-42-19-26-20-43(33(45)29-13-8-17-47-29)15-16-44(26)28(22-42)30(24-9-4-2-5-10-24)25-11-6-3-7-12-25/h2-7,9-12,26,28-30H,8,13-23H2,1H3. The number of benzene rings is 2. The molecule has 0 bridgehead atoms. The van der Waals surface area contributed by atoms with Crippen LogP contribution in [0, 0.1) is 0 Å². The minimum Gasteiger partial charge on any atom is -0.481 e. The molecule has 14 heteroatoms. The fourth-order valence-corrected chi connectivity index (χ4v) is 7.19. The van der Waals surface area contributed by atoms with Gasteiger partial charge in [-0.1, -0.05) is 60.7 Å². The molecule has 0 saturated carbocycles. The Balaban J connectivity index is 1.36. The van der Waals surface area contributed by atoms with Crippen molar-refractivity contribution in [2.45, 2.75) is 49.7 Å². The summed E-state index contributed by atoms with van der Waals surface area (Å²) in [5, 5.41) is 0. The van der Waals surface area contributed by atoms with Crippen molar-refractivity contribution in [2.75, 3.05) is 66.3 Å². The predicted octanol–water partition coefficient (Wildman–Crippen LogP) is 4.48. The lowest BCUT2D eigenvalue weighted by molar-refractivity contribution is -0.154. The van der Waals surface area contributed by atoms with Crippen LogP contribution in [0.4, 0.5) is 17.6 Å². The number of aromatic nitrogens is 2. The maximum atomic E-state index is 13.5. The van der Waals surface area contributed by atoms with Crippen molar-refractivity contribution >= 4 is 5.91 Å². The van der Waals surface area contributed by atoms with Gasteiger partial charge in [0.25, 0.3) is 5.91 Å². The van der Waals surface area contributed by atoms with E-state index >= 15 is 0 Å². The smallest absolute Gasteiger partial charge is 0.422 e. The lowest BCUT2D eigenvalue weighted by Crippen LogP contribution is -2.67. The van der Waals surface area contributed by atoms with E-state index in [1.165, 1.54) is 7.11 Å². The molecule has 0 N–H and O–H groups in total. The molecule has 0 spiro atoms. The molecule has 264 valence electrons. The molecule has 3 atom stereocenters. The van der Waals surface area contributed by atoms with Crippen LogP contribution in [0.25, 0.3) is 0 Å². The van der Waals surface area contributed by atoms with Gasteiger partial charge in [0, 0.05) is 63.9 Å². The first kappa shape index (κ1) is 34.8. The zero-order valence-electron chi connectivity index (χ0n) is 27.4. The summed E-state index contributed by atoms with van der Waals surface area (Å²) in [7, 11) is 1.34. The number of carbonyl (C=O) groups excluding carboxylic acids is 1. The van der Waals surface area contributed by atoms with E-state index in [0.29, 0.717) is 45.8 Å². The molecule has 3 aromatic rings. The lowest BCUT2D eigenvalue weighted by atomic mass is 9.81. The summed E-state index contributed by atoms with van der Waals surface area (Å²) >= 11 is 0. The van der Waals surface area contributed by atoms with E-state index in [9.17, 15) is 22.4 Å². The highest BCUT2D eigenvalue weighted by molar-refractivity contribution is 5.81. The van der Waals surface area contributed by atoms with Gasteiger partial charge in [-0.25, -0.2) is 4.39 Å². The predicted molar refractivity (Wildman–Crippen MR) is 171 cm³/mol. The molecule has 6 rings (SSSR count). The second-order valence-corrected chi connectivity index (χ2v) is 12.5. The Morgan fingerprint density at radius 2 is 1.65 bits per heavy atom. The molecule has 10 nitrogen and oxygen atoms in total. The zero-order chi connectivity index (χ0) is 34.4. The van der Waals surface area contributed by atoms with Crippen molar-refractivity contribution in [1.82, 2.24) is 24.7 Å². The molecule has 4 heterocycles. The van der Waals surface area contributed by atoms with Gasteiger partial charge in [-0.05, 0) is 24.0 Å². The number of ether oxygens (including phenoxy) is 4. The van der Waals surface area contributed by atoms with Crippen molar-refractivity contribution in [3.63, 3.8) is 0 Å². The maximum Gasteiger partial charge on any atom is 0.422 e. The molecule has 1 amide bonds. The van der Waals surface area contributed by atoms with Crippen molar-refractivity contribution in [2.24, 2.45) is 0 Å². The quantitative estimate of drug-likeness (QED) is 0.256. The molecule has 3 aliphatic heterocycles. The number of carbonyl (C=O) groups is 1. The number of rotatable bonds is 12. The van der Waals surface area contributed by atoms with E-state index in [2.05, 4.69) is 44.0 Å². The third-order valence-electron chi connectivity index (χ3n) is 9.25. The number of halogens is 4. The maximum absolute atomic E-state index is 13.5. The van der Waals surface area contributed by atoms with Crippen LogP contribution in [-0.4, -0.2) is 121 Å². The van der Waals surface area contributed by atoms with Gasteiger partial charge >= 0.3 is 12.2 Å². The Morgan fingerprint density at radius 1 is 0.959 bits per heavy atom. The van der Waals surface area contributed by atoms with Crippen LogP contribution >= 0.6 is 0 Å². The highest BCUT2D eigenvalue weighted by Gasteiger charge is 2.44. The van der Waals surface area contributed by atoms with Gasteiger partial charge in [-0.15, -0.1) is 0 Å². The Morgan fingerprint density at radius 3 is 2.27 bits per heavy atom. The number of hydrogen-bond donors (Lipinski definition) is 0. The second kappa shape index (κ2) is 15.7. The minimum absolute atomic E-state index is 0.00438. The SMILES string of the molecule is COc1nc(OCCF)nc(OCC(F)(F)F)c1CN1CC2CN(C(=O)C3CCCO3)CCN2C(C(c2ccccc2)c2ccccc2)C1. The van der Waals surface area contributed by atoms with Gasteiger partial charge in [-0.3, -0.25) is 14.6 Å². The van der Waals surface area contributed by atoms with Crippen molar-refractivity contribution < 1.29 is 41.3 Å². The molecule has 0 radical (unpaired) electrons. The van der Waals surface area contributed by atoms with Crippen molar-refractivity contribution in [3.8, 4) is 17.8 Å². The number of hydrogen-bond acceptors (Lipinski definition) is 9. The summed E-state index contributed by atoms with van der Waals surface area (Å²) in [4.78, 5) is 28.3. The molecule has 3 unspecified atom stereocenters. The summed E-state index contributed by atoms with van der Waals surface area (Å²) < 4.78 is 74.5. The topological polar surface area (TPSA) is 89.5 Å². The third kappa shape index (κ3) is 8.42. The Bertz CT molecular complexity index is 1490. The molecule has 2 aromatic carbocycles. The molecular formula is C35H41F4N5O5. The average molecular weight is 688 g/mol. The first-order chi connectivity index (χ1) is 23.7. The lowest BCUT2D eigenvalue weighted by Gasteiger charge is -2.53. The Labute approximate surface area is 282 Å². The summed E-state index contributed by atoms with van der Waals surface area (Å²) in [6.45, 7) is 0.599. The van der Waals surface area contributed by atoms with Crippen LogP contribution in [0.5, 0.6) is 17.8 Å². The highest BCUT2D eigenvalue weighted by atomic mass is 19.4. The average Bonchev–Trinajstić information content (AvgIpc) is 3.66. The van der Waals surface area contributed by atoms with Crippen molar-refractivity contribution in [3.05, 3.63) is 77.4 Å². The fraction of sp³-hybridized carbons (Fsp3) is 0.514. The second-order valence-electron chi connectivity index (χ2n) is 12.5. The molecule has 3 saturated heterocycles. The van der Waals surface area contributed by atoms with Crippen molar-refractivity contribution in [1.29, 1.82) is 0 Å². The van der Waals surface area contributed by atoms with E-state index in [-0.39, 0.29) is 60.4 Å². The molecule has 0 aliphatic carbocycles. The van der Waals surface area contributed by atoms with Crippen LogP contribution < -0.4 is 14.2 Å². The van der Waals surface area contributed by atoms with Crippen LogP contribution in [0.3, 0.4) is 0 Å². The van der Waals surface area contributed by atoms with E-state index in [4.69, 9.17) is 18.9 Å². The molecule has 1 aromatic heterocycles. The van der Waals surface area contributed by atoms with E-state index in [0.717, 1.165) is 17.5 Å². The number of piperazine rings is 2. The zero-order valence-corrected chi connectivity index (χ0v) is 27.4. The molecule has 49 heavy (non-hydrogen) atoms. The third-order valence-corrected chi connectivity index (χ3v) is 9.25. The van der Waals surface area contributed by atoms with E-state index in [1.807, 2.05) is 41.3 Å². The first-order valence-corrected chi connectivity index (χ1v) is 16.6. The number of alkyl halides is 4. The van der Waals surface area contributed by atoms with E-state index < -0.39 is 25.6 Å². The monoisotopic (exact) mass is 687 g/mol. The molecule has 3 fully saturated rings. The van der Waals surface area contributed by atoms with Gasteiger partial charge in [0.2, 0.25) is 11.8 Å². The summed E-state index contributed by atoms with van der Waals surface area (Å²) in [6.07, 6.45) is -3.51. The highest BCUT2D eigenvalue weighted by Crippen LogP contribution is 2.38. The van der Waals surface area contributed by atoms with Crippen LogP contribution in [0.1, 0.15) is 35.4 Å². The fourth-order valence-electron chi connectivity index (χ4n) is 7.19. The van der Waals surface area contributed by atoms with Crippen LogP contribution in [-0.2, 0) is 16.1 Å². The van der Waals surface area contributed by atoms with Gasteiger partial charge in [0.05, 0.1) is 12.7 Å².